The van der Waals surface area contributed by atoms with Gasteiger partial charge >= 0.3 is 0 Å². The number of hydrogen-bond acceptors (Lipinski definition) is 4. The van der Waals surface area contributed by atoms with Crippen LogP contribution >= 0.6 is 0 Å². The number of nitrogens with one attached hydrogen (secondary N) is 2. The summed E-state index contributed by atoms with van der Waals surface area (Å²) >= 11 is 0. The van der Waals surface area contributed by atoms with E-state index in [0.717, 1.165) is 17.7 Å². The second-order valence-electron chi connectivity index (χ2n) is 8.49. The Hall–Kier alpha value is -2.31. The van der Waals surface area contributed by atoms with Gasteiger partial charge in [0.2, 0.25) is 10.0 Å². The second-order valence-corrected chi connectivity index (χ2v) is 10.2. The molecule has 2 aromatic carbocycles. The first-order valence-electron chi connectivity index (χ1n) is 10.1. The Morgan fingerprint density at radius 1 is 1.10 bits per heavy atom. The summed E-state index contributed by atoms with van der Waals surface area (Å²) < 4.78 is 28.0. The Balaban J connectivity index is 1.69. The van der Waals surface area contributed by atoms with Crippen molar-refractivity contribution in [2.24, 2.45) is 5.92 Å². The van der Waals surface area contributed by atoms with Gasteiger partial charge in [0, 0.05) is 37.4 Å². The molecule has 5 nitrogen and oxygen atoms in total. The summed E-state index contributed by atoms with van der Waals surface area (Å²) in [6.07, 6.45) is 5.44. The Bertz CT molecular complexity index is 1030. The maximum Gasteiger partial charge on any atom is 0.240 e. The average molecular weight is 412 g/mol. The fourth-order valence-corrected chi connectivity index (χ4v) is 5.71. The van der Waals surface area contributed by atoms with Gasteiger partial charge in [-0.3, -0.25) is 0 Å². The van der Waals surface area contributed by atoms with E-state index in [2.05, 4.69) is 51.4 Å². The minimum atomic E-state index is -3.51. The lowest BCUT2D eigenvalue weighted by Crippen LogP contribution is -2.31. The van der Waals surface area contributed by atoms with Crippen LogP contribution in [0.25, 0.3) is 0 Å². The van der Waals surface area contributed by atoms with Gasteiger partial charge in [0.25, 0.3) is 0 Å². The third-order valence-corrected chi connectivity index (χ3v) is 7.46. The van der Waals surface area contributed by atoms with Crippen LogP contribution in [0, 0.1) is 5.92 Å². The van der Waals surface area contributed by atoms with E-state index in [4.69, 9.17) is 0 Å². The first-order chi connectivity index (χ1) is 13.8. The van der Waals surface area contributed by atoms with E-state index in [1.807, 2.05) is 40.1 Å². The van der Waals surface area contributed by atoms with Gasteiger partial charge in [-0.2, -0.15) is 0 Å². The maximum absolute atomic E-state index is 12.6. The van der Waals surface area contributed by atoms with Crippen LogP contribution in [0.15, 0.2) is 59.5 Å². The highest BCUT2D eigenvalue weighted by Gasteiger charge is 2.38. The Morgan fingerprint density at radius 2 is 1.83 bits per heavy atom. The van der Waals surface area contributed by atoms with Crippen LogP contribution in [0.5, 0.6) is 0 Å². The predicted octanol–water partition coefficient (Wildman–Crippen LogP) is 4.27. The van der Waals surface area contributed by atoms with Crippen molar-refractivity contribution in [1.29, 1.82) is 0 Å². The standard InChI is InChI=1S/C23H29N3O2S/c1-15(2)25-29(27,28)18-12-13-22-21(14-18)19-6-5-7-20(19)23(24-22)16-8-10-17(11-9-16)26(3)4/h5-6,8-15,19-20,23-25H,7H2,1-4H3. The zero-order valence-corrected chi connectivity index (χ0v) is 18.2. The van der Waals surface area contributed by atoms with Gasteiger partial charge in [-0.1, -0.05) is 24.3 Å². The zero-order chi connectivity index (χ0) is 20.8. The normalized spacial score (nSPS) is 22.9. The highest BCUT2D eigenvalue weighted by atomic mass is 32.2. The number of anilines is 2. The Kier molecular flexibility index (Phi) is 5.17. The third-order valence-electron chi connectivity index (χ3n) is 5.80. The van der Waals surface area contributed by atoms with E-state index in [0.29, 0.717) is 10.8 Å². The van der Waals surface area contributed by atoms with E-state index >= 15 is 0 Å². The molecule has 0 saturated heterocycles. The molecular weight excluding hydrogens is 382 g/mol. The molecule has 3 atom stereocenters. The van der Waals surface area contributed by atoms with Crippen LogP contribution in [-0.4, -0.2) is 28.6 Å². The molecule has 0 saturated carbocycles. The Labute approximate surface area is 173 Å². The van der Waals surface area contributed by atoms with Crippen molar-refractivity contribution in [2.45, 2.75) is 43.2 Å². The SMILES string of the molecule is CC(C)NS(=O)(=O)c1ccc2c(c1)C1C=CCC1C(c1ccc(N(C)C)cc1)N2. The van der Waals surface area contributed by atoms with Gasteiger partial charge in [0.1, 0.15) is 0 Å². The molecule has 4 rings (SSSR count). The largest absolute Gasteiger partial charge is 0.378 e. The van der Waals surface area contributed by atoms with Crippen molar-refractivity contribution in [3.8, 4) is 0 Å². The van der Waals surface area contributed by atoms with Crippen LogP contribution in [0.1, 0.15) is 43.4 Å². The highest BCUT2D eigenvalue weighted by molar-refractivity contribution is 7.89. The summed E-state index contributed by atoms with van der Waals surface area (Å²) in [6.45, 7) is 3.67. The summed E-state index contributed by atoms with van der Waals surface area (Å²) in [6, 6.07) is 14.2. The quantitative estimate of drug-likeness (QED) is 0.722. The molecule has 0 amide bonds. The van der Waals surface area contributed by atoms with E-state index in [1.54, 1.807) is 6.07 Å². The first-order valence-corrected chi connectivity index (χ1v) is 11.6. The van der Waals surface area contributed by atoms with E-state index in [9.17, 15) is 8.42 Å². The van der Waals surface area contributed by atoms with Crippen molar-refractivity contribution in [1.82, 2.24) is 4.72 Å². The molecule has 1 heterocycles. The van der Waals surface area contributed by atoms with E-state index in [-0.39, 0.29) is 18.0 Å². The van der Waals surface area contributed by atoms with Gasteiger partial charge in [0.05, 0.1) is 10.9 Å². The van der Waals surface area contributed by atoms with Gasteiger partial charge in [-0.25, -0.2) is 13.1 Å². The predicted molar refractivity (Wildman–Crippen MR) is 119 cm³/mol. The molecule has 2 N–H and O–H groups in total. The molecule has 0 radical (unpaired) electrons. The number of nitrogens with zero attached hydrogens (tertiary/aromatic N) is 1. The molecule has 29 heavy (non-hydrogen) atoms. The third kappa shape index (κ3) is 3.79. The summed E-state index contributed by atoms with van der Waals surface area (Å²) in [5.74, 6) is 0.600. The van der Waals surface area contributed by atoms with E-state index < -0.39 is 10.0 Å². The summed E-state index contributed by atoms with van der Waals surface area (Å²) in [7, 11) is 0.578. The highest BCUT2D eigenvalue weighted by Crippen LogP contribution is 2.50. The average Bonchev–Trinajstić information content (AvgIpc) is 3.16. The first kappa shape index (κ1) is 20.0. The maximum atomic E-state index is 12.6. The lowest BCUT2D eigenvalue weighted by molar-refractivity contribution is 0.425. The monoisotopic (exact) mass is 411 g/mol. The van der Waals surface area contributed by atoms with Gasteiger partial charge in [-0.05, 0) is 67.6 Å². The molecule has 0 aromatic heterocycles. The summed E-state index contributed by atoms with van der Waals surface area (Å²) in [5.41, 5.74) is 4.52. The molecule has 0 fully saturated rings. The van der Waals surface area contributed by atoms with Gasteiger partial charge in [0.15, 0.2) is 0 Å². The van der Waals surface area contributed by atoms with Crippen LogP contribution < -0.4 is 14.9 Å². The fraction of sp³-hybridized carbons (Fsp3) is 0.391. The van der Waals surface area contributed by atoms with Crippen LogP contribution in [0.4, 0.5) is 11.4 Å². The molecule has 1 aliphatic carbocycles. The molecule has 2 aliphatic rings. The molecule has 3 unspecified atom stereocenters. The minimum Gasteiger partial charge on any atom is -0.378 e. The van der Waals surface area contributed by atoms with Crippen molar-refractivity contribution in [2.75, 3.05) is 24.3 Å². The second kappa shape index (κ2) is 7.50. The minimum absolute atomic E-state index is 0.136. The topological polar surface area (TPSA) is 61.4 Å². The summed E-state index contributed by atoms with van der Waals surface area (Å²) in [4.78, 5) is 2.43. The van der Waals surface area contributed by atoms with Gasteiger partial charge < -0.3 is 10.2 Å². The van der Waals surface area contributed by atoms with Crippen molar-refractivity contribution in [3.63, 3.8) is 0 Å². The number of sulfonamides is 1. The van der Waals surface area contributed by atoms with Crippen LogP contribution in [-0.2, 0) is 10.0 Å². The van der Waals surface area contributed by atoms with Gasteiger partial charge in [-0.15, -0.1) is 0 Å². The number of allylic oxidation sites excluding steroid dienone is 2. The van der Waals surface area contributed by atoms with Crippen molar-refractivity contribution in [3.05, 3.63) is 65.7 Å². The van der Waals surface area contributed by atoms with E-state index in [1.165, 1.54) is 11.3 Å². The molecular formula is C23H29N3O2S. The van der Waals surface area contributed by atoms with Crippen LogP contribution in [0.3, 0.4) is 0 Å². The molecule has 154 valence electrons. The summed E-state index contributed by atoms with van der Waals surface area (Å²) in [5, 5.41) is 3.68. The molecule has 0 bridgehead atoms. The molecule has 2 aromatic rings. The molecule has 0 spiro atoms. The number of benzene rings is 2. The number of fused-ring (bicyclic) bond motifs is 3. The fourth-order valence-electron chi connectivity index (χ4n) is 4.43. The van der Waals surface area contributed by atoms with Crippen molar-refractivity contribution >= 4 is 21.4 Å². The number of rotatable bonds is 5. The number of hydrogen-bond donors (Lipinski definition) is 2. The molecule has 6 heteroatoms. The Morgan fingerprint density at radius 3 is 2.48 bits per heavy atom. The molecule has 1 aliphatic heterocycles. The lowest BCUT2D eigenvalue weighted by Gasteiger charge is -2.38. The van der Waals surface area contributed by atoms with Crippen LogP contribution in [0.2, 0.25) is 0 Å². The zero-order valence-electron chi connectivity index (χ0n) is 17.4. The smallest absolute Gasteiger partial charge is 0.240 e. The lowest BCUT2D eigenvalue weighted by atomic mass is 9.77. The van der Waals surface area contributed by atoms with Crippen molar-refractivity contribution < 1.29 is 8.42 Å².